The highest BCUT2D eigenvalue weighted by molar-refractivity contribution is 5.45. The third kappa shape index (κ3) is 2.94. The standard InChI is InChI=1S/C15H17N5O/c1-10(2)14-18-15(21-19-14)13-8-20(9-17-13)7-11-3-5-12(16)6-4-11/h3-6,8-10H,7,16H2,1-2H3. The van der Waals surface area contributed by atoms with Crippen LogP contribution in [0.25, 0.3) is 11.6 Å². The van der Waals surface area contributed by atoms with Crippen molar-refractivity contribution >= 4 is 5.69 Å². The molecule has 0 saturated heterocycles. The zero-order valence-corrected chi connectivity index (χ0v) is 12.0. The minimum Gasteiger partial charge on any atom is -0.399 e. The summed E-state index contributed by atoms with van der Waals surface area (Å²) < 4.78 is 7.21. The molecule has 0 amide bonds. The normalized spacial score (nSPS) is 11.2. The average molecular weight is 283 g/mol. The minimum atomic E-state index is 0.236. The molecule has 0 bridgehead atoms. The molecule has 0 spiro atoms. The van der Waals surface area contributed by atoms with E-state index in [1.807, 2.05) is 48.9 Å². The number of nitrogens with two attached hydrogens (primary N) is 1. The zero-order chi connectivity index (χ0) is 14.8. The maximum absolute atomic E-state index is 5.68. The molecule has 3 rings (SSSR count). The molecule has 2 aromatic heterocycles. The Morgan fingerprint density at radius 1 is 1.24 bits per heavy atom. The average Bonchev–Trinajstić information content (AvgIpc) is 3.10. The summed E-state index contributed by atoms with van der Waals surface area (Å²) in [6, 6.07) is 7.78. The van der Waals surface area contributed by atoms with E-state index in [2.05, 4.69) is 15.1 Å². The Morgan fingerprint density at radius 2 is 2.00 bits per heavy atom. The number of aromatic nitrogens is 4. The van der Waals surface area contributed by atoms with Crippen LogP contribution in [-0.2, 0) is 6.54 Å². The molecular formula is C15H17N5O. The lowest BCUT2D eigenvalue weighted by Crippen LogP contribution is -1.96. The molecule has 6 nitrogen and oxygen atoms in total. The van der Waals surface area contributed by atoms with Gasteiger partial charge in [-0.25, -0.2) is 4.98 Å². The topological polar surface area (TPSA) is 82.8 Å². The highest BCUT2D eigenvalue weighted by Gasteiger charge is 2.13. The summed E-state index contributed by atoms with van der Waals surface area (Å²) in [6.45, 7) is 4.77. The Labute approximate surface area is 122 Å². The van der Waals surface area contributed by atoms with Gasteiger partial charge >= 0.3 is 0 Å². The van der Waals surface area contributed by atoms with Gasteiger partial charge in [0.2, 0.25) is 0 Å². The molecule has 1 aromatic carbocycles. The largest absolute Gasteiger partial charge is 0.399 e. The van der Waals surface area contributed by atoms with Crippen molar-refractivity contribution in [1.29, 1.82) is 0 Å². The number of imidazole rings is 1. The zero-order valence-electron chi connectivity index (χ0n) is 12.0. The Bertz CT molecular complexity index is 727. The second-order valence-electron chi connectivity index (χ2n) is 5.29. The number of benzene rings is 1. The Hall–Kier alpha value is -2.63. The fourth-order valence-electron chi connectivity index (χ4n) is 1.96. The molecule has 2 N–H and O–H groups in total. The first-order valence-corrected chi connectivity index (χ1v) is 6.82. The molecule has 0 aliphatic carbocycles. The molecule has 0 saturated carbocycles. The summed E-state index contributed by atoms with van der Waals surface area (Å²) in [4.78, 5) is 8.66. The van der Waals surface area contributed by atoms with E-state index < -0.39 is 0 Å². The van der Waals surface area contributed by atoms with Gasteiger partial charge in [-0.3, -0.25) is 0 Å². The Morgan fingerprint density at radius 3 is 2.67 bits per heavy atom. The van der Waals surface area contributed by atoms with Crippen molar-refractivity contribution < 1.29 is 4.52 Å². The van der Waals surface area contributed by atoms with Gasteiger partial charge in [-0.15, -0.1) is 0 Å². The number of anilines is 1. The van der Waals surface area contributed by atoms with Crippen LogP contribution in [0, 0.1) is 0 Å². The molecule has 0 unspecified atom stereocenters. The summed E-state index contributed by atoms with van der Waals surface area (Å²) in [5, 5.41) is 3.95. The molecule has 0 radical (unpaired) electrons. The molecule has 0 fully saturated rings. The number of nitrogens with zero attached hydrogens (tertiary/aromatic N) is 4. The van der Waals surface area contributed by atoms with Gasteiger partial charge in [-0.1, -0.05) is 31.1 Å². The summed E-state index contributed by atoms with van der Waals surface area (Å²) >= 11 is 0. The SMILES string of the molecule is CC(C)c1noc(-c2cn(Cc3ccc(N)cc3)cn2)n1. The summed E-state index contributed by atoms with van der Waals surface area (Å²) in [5.41, 5.74) is 8.28. The molecule has 21 heavy (non-hydrogen) atoms. The van der Waals surface area contributed by atoms with E-state index >= 15 is 0 Å². The van der Waals surface area contributed by atoms with E-state index in [4.69, 9.17) is 10.3 Å². The number of hydrogen-bond donors (Lipinski definition) is 1. The van der Waals surface area contributed by atoms with E-state index in [0.29, 0.717) is 17.4 Å². The lowest BCUT2D eigenvalue weighted by Gasteiger charge is -2.02. The van der Waals surface area contributed by atoms with E-state index in [0.717, 1.165) is 17.8 Å². The van der Waals surface area contributed by atoms with E-state index in [1.54, 1.807) is 6.33 Å². The predicted molar refractivity (Wildman–Crippen MR) is 79.6 cm³/mol. The number of rotatable bonds is 4. The first-order chi connectivity index (χ1) is 10.1. The molecule has 0 aliphatic heterocycles. The monoisotopic (exact) mass is 283 g/mol. The quantitative estimate of drug-likeness (QED) is 0.744. The molecule has 3 aromatic rings. The van der Waals surface area contributed by atoms with Crippen LogP contribution in [0.1, 0.15) is 31.2 Å². The van der Waals surface area contributed by atoms with Gasteiger partial charge in [0.05, 0.1) is 6.33 Å². The van der Waals surface area contributed by atoms with Gasteiger partial charge in [0, 0.05) is 24.3 Å². The fourth-order valence-corrected chi connectivity index (χ4v) is 1.96. The van der Waals surface area contributed by atoms with Crippen LogP contribution in [0.4, 0.5) is 5.69 Å². The van der Waals surface area contributed by atoms with Gasteiger partial charge in [0.25, 0.3) is 5.89 Å². The minimum absolute atomic E-state index is 0.236. The van der Waals surface area contributed by atoms with Crippen LogP contribution in [0.2, 0.25) is 0 Å². The Balaban J connectivity index is 1.77. The molecule has 2 heterocycles. The van der Waals surface area contributed by atoms with Crippen molar-refractivity contribution in [2.24, 2.45) is 0 Å². The van der Waals surface area contributed by atoms with E-state index in [1.165, 1.54) is 0 Å². The third-order valence-corrected chi connectivity index (χ3v) is 3.16. The Kier molecular flexibility index (Phi) is 3.43. The summed E-state index contributed by atoms with van der Waals surface area (Å²) in [6.07, 6.45) is 3.65. The summed E-state index contributed by atoms with van der Waals surface area (Å²) in [5.74, 6) is 1.38. The van der Waals surface area contributed by atoms with Crippen molar-refractivity contribution in [2.45, 2.75) is 26.3 Å². The maximum atomic E-state index is 5.68. The smallest absolute Gasteiger partial charge is 0.278 e. The predicted octanol–water partition coefficient (Wildman–Crippen LogP) is 2.69. The fraction of sp³-hybridized carbons (Fsp3) is 0.267. The van der Waals surface area contributed by atoms with E-state index in [9.17, 15) is 0 Å². The van der Waals surface area contributed by atoms with Crippen LogP contribution in [-0.4, -0.2) is 19.7 Å². The van der Waals surface area contributed by atoms with E-state index in [-0.39, 0.29) is 5.92 Å². The lowest BCUT2D eigenvalue weighted by molar-refractivity contribution is 0.418. The molecule has 0 atom stereocenters. The first kappa shape index (κ1) is 13.4. The van der Waals surface area contributed by atoms with Crippen molar-refractivity contribution in [3.8, 4) is 11.6 Å². The summed E-state index contributed by atoms with van der Waals surface area (Å²) in [7, 11) is 0. The van der Waals surface area contributed by atoms with Crippen LogP contribution in [0.5, 0.6) is 0 Å². The molecule has 6 heteroatoms. The third-order valence-electron chi connectivity index (χ3n) is 3.16. The van der Waals surface area contributed by atoms with Crippen LogP contribution >= 0.6 is 0 Å². The van der Waals surface area contributed by atoms with Crippen LogP contribution < -0.4 is 5.73 Å². The first-order valence-electron chi connectivity index (χ1n) is 6.82. The van der Waals surface area contributed by atoms with Gasteiger partial charge < -0.3 is 14.8 Å². The lowest BCUT2D eigenvalue weighted by atomic mass is 10.2. The maximum Gasteiger partial charge on any atom is 0.278 e. The molecular weight excluding hydrogens is 266 g/mol. The molecule has 0 aliphatic rings. The van der Waals surface area contributed by atoms with Crippen molar-refractivity contribution in [3.63, 3.8) is 0 Å². The number of nitrogen functional groups attached to an aromatic ring is 1. The highest BCUT2D eigenvalue weighted by atomic mass is 16.5. The van der Waals surface area contributed by atoms with Crippen molar-refractivity contribution in [1.82, 2.24) is 19.7 Å². The highest BCUT2D eigenvalue weighted by Crippen LogP contribution is 2.18. The van der Waals surface area contributed by atoms with Crippen molar-refractivity contribution in [2.75, 3.05) is 5.73 Å². The van der Waals surface area contributed by atoms with Gasteiger partial charge in [-0.2, -0.15) is 4.98 Å². The van der Waals surface area contributed by atoms with Crippen LogP contribution in [0.15, 0.2) is 41.3 Å². The van der Waals surface area contributed by atoms with Gasteiger partial charge in [0.15, 0.2) is 5.82 Å². The number of hydrogen-bond acceptors (Lipinski definition) is 5. The molecule has 108 valence electrons. The van der Waals surface area contributed by atoms with Gasteiger partial charge in [-0.05, 0) is 17.7 Å². The second kappa shape index (κ2) is 5.40. The van der Waals surface area contributed by atoms with Gasteiger partial charge in [0.1, 0.15) is 5.69 Å². The van der Waals surface area contributed by atoms with Crippen molar-refractivity contribution in [3.05, 3.63) is 48.2 Å². The van der Waals surface area contributed by atoms with Crippen LogP contribution in [0.3, 0.4) is 0 Å². The second-order valence-corrected chi connectivity index (χ2v) is 5.29.